The number of nitrogens with zero attached hydrogens (tertiary/aromatic N) is 2. The minimum Gasteiger partial charge on any atom is -0.475 e. The third-order valence-electron chi connectivity index (χ3n) is 5.07. The number of fused-ring (bicyclic) bond motifs is 1. The Morgan fingerprint density at radius 3 is 2.54 bits per heavy atom. The molecule has 0 aliphatic carbocycles. The van der Waals surface area contributed by atoms with Gasteiger partial charge in [-0.1, -0.05) is 6.92 Å². The van der Waals surface area contributed by atoms with Crippen molar-refractivity contribution in [2.75, 3.05) is 26.7 Å². The molecule has 1 aromatic rings. The molecule has 0 spiro atoms. The lowest BCUT2D eigenvalue weighted by molar-refractivity contribution is -0.192. The number of halogens is 3. The number of likely N-dealkylation sites (tertiary alicyclic amines) is 2. The van der Waals surface area contributed by atoms with Gasteiger partial charge < -0.3 is 19.2 Å². The summed E-state index contributed by atoms with van der Waals surface area (Å²) in [5, 5.41) is 7.12. The van der Waals surface area contributed by atoms with E-state index in [4.69, 9.17) is 19.1 Å². The molecule has 0 unspecified atom stereocenters. The van der Waals surface area contributed by atoms with E-state index in [9.17, 15) is 18.0 Å². The summed E-state index contributed by atoms with van der Waals surface area (Å²) < 4.78 is 42.8. The second-order valence-electron chi connectivity index (χ2n) is 6.81. The Hall–Kier alpha value is -2.07. The molecule has 2 aliphatic heterocycles. The maximum Gasteiger partial charge on any atom is 0.490 e. The van der Waals surface area contributed by atoms with Gasteiger partial charge in [-0.3, -0.25) is 9.69 Å². The molecule has 0 radical (unpaired) electrons. The summed E-state index contributed by atoms with van der Waals surface area (Å²) >= 11 is 0. The summed E-state index contributed by atoms with van der Waals surface area (Å²) in [6.45, 7) is 5.45. The molecule has 0 bridgehead atoms. The number of furan rings is 1. The lowest BCUT2D eigenvalue weighted by atomic mass is 9.89. The molecule has 10 heteroatoms. The van der Waals surface area contributed by atoms with Gasteiger partial charge in [0.1, 0.15) is 5.76 Å². The number of alkyl halides is 3. The zero-order valence-electron chi connectivity index (χ0n) is 15.8. The number of carbonyl (C=O) groups is 2. The van der Waals surface area contributed by atoms with Crippen LogP contribution in [0.25, 0.3) is 0 Å². The third-order valence-corrected chi connectivity index (χ3v) is 5.07. The van der Waals surface area contributed by atoms with Crippen molar-refractivity contribution >= 4 is 11.9 Å². The second-order valence-corrected chi connectivity index (χ2v) is 6.81. The molecule has 7 nitrogen and oxygen atoms in total. The summed E-state index contributed by atoms with van der Waals surface area (Å²) in [4.78, 5) is 25.5. The number of carbonyl (C=O) groups excluding carboxylic acids is 1. The van der Waals surface area contributed by atoms with Gasteiger partial charge in [0, 0.05) is 39.1 Å². The molecule has 1 N–H and O–H groups in total. The number of carboxylic acids is 1. The average molecular weight is 406 g/mol. The Morgan fingerprint density at radius 1 is 1.36 bits per heavy atom. The molecule has 0 saturated carbocycles. The van der Waals surface area contributed by atoms with E-state index >= 15 is 0 Å². The molecule has 2 fully saturated rings. The highest BCUT2D eigenvalue weighted by Crippen LogP contribution is 2.33. The number of piperidine rings is 1. The number of carboxylic acid groups (broad SMARTS) is 1. The van der Waals surface area contributed by atoms with Crippen molar-refractivity contribution in [3.8, 4) is 0 Å². The van der Waals surface area contributed by atoms with Crippen molar-refractivity contribution in [2.24, 2.45) is 5.92 Å². The zero-order valence-corrected chi connectivity index (χ0v) is 15.8. The van der Waals surface area contributed by atoms with E-state index in [2.05, 4.69) is 9.80 Å². The van der Waals surface area contributed by atoms with Gasteiger partial charge in [0.25, 0.3) is 0 Å². The Balaban J connectivity index is 0.000000345. The maximum atomic E-state index is 12.2. The number of hydrogen-bond donors (Lipinski definition) is 1. The van der Waals surface area contributed by atoms with Gasteiger partial charge in [-0.25, -0.2) is 4.79 Å². The molecule has 3 atom stereocenters. The van der Waals surface area contributed by atoms with Crippen LogP contribution in [0.1, 0.15) is 25.5 Å². The van der Waals surface area contributed by atoms with Crippen LogP contribution in [-0.4, -0.2) is 71.8 Å². The Morgan fingerprint density at radius 2 is 2.04 bits per heavy atom. The van der Waals surface area contributed by atoms with Crippen LogP contribution in [0, 0.1) is 5.92 Å². The van der Waals surface area contributed by atoms with Crippen LogP contribution in [0.15, 0.2) is 22.8 Å². The lowest BCUT2D eigenvalue weighted by Crippen LogP contribution is -2.53. The number of aliphatic carboxylic acids is 1. The van der Waals surface area contributed by atoms with E-state index in [-0.39, 0.29) is 18.1 Å². The average Bonchev–Trinajstić information content (AvgIpc) is 3.29. The molecular formula is C18H25F3N2O5. The van der Waals surface area contributed by atoms with Crippen molar-refractivity contribution in [3.63, 3.8) is 0 Å². The van der Waals surface area contributed by atoms with Gasteiger partial charge in [0.15, 0.2) is 0 Å². The first-order valence-electron chi connectivity index (χ1n) is 9.04. The van der Waals surface area contributed by atoms with E-state index in [1.165, 1.54) is 0 Å². The molecule has 1 amide bonds. The SMILES string of the molecule is CCC(=O)N1CC[C@@H](OC)[C@H]2CN(Cc3ccco3)C[C@H]21.O=C(O)C(F)(F)F. The standard InChI is InChI=1S/C16H24N2O3.C2HF3O2/c1-3-16(19)18-7-6-15(20-2)13-10-17(11-14(13)18)9-12-5-4-8-21-12;3-2(4,5)1(6)7/h4-5,8,13-15H,3,6-7,9-11H2,1-2H3;(H,6,7)/t13-,14+,15+;/m0./s1. The maximum absolute atomic E-state index is 12.2. The molecule has 2 saturated heterocycles. The quantitative estimate of drug-likeness (QED) is 0.827. The van der Waals surface area contributed by atoms with Gasteiger partial charge in [-0.05, 0) is 18.6 Å². The van der Waals surface area contributed by atoms with E-state index < -0.39 is 12.1 Å². The minimum absolute atomic E-state index is 0.262. The number of rotatable bonds is 4. The summed E-state index contributed by atoms with van der Waals surface area (Å²) in [7, 11) is 1.79. The molecular weight excluding hydrogens is 381 g/mol. The van der Waals surface area contributed by atoms with E-state index in [0.29, 0.717) is 12.3 Å². The monoisotopic (exact) mass is 406 g/mol. The van der Waals surface area contributed by atoms with Gasteiger partial charge in [-0.15, -0.1) is 0 Å². The first kappa shape index (κ1) is 22.2. The van der Waals surface area contributed by atoms with Gasteiger partial charge in [0.2, 0.25) is 5.91 Å². The topological polar surface area (TPSA) is 83.2 Å². The number of amides is 1. The molecule has 3 heterocycles. The van der Waals surface area contributed by atoms with Crippen LogP contribution in [0.5, 0.6) is 0 Å². The molecule has 0 aromatic carbocycles. The van der Waals surface area contributed by atoms with Crippen molar-refractivity contribution in [3.05, 3.63) is 24.2 Å². The number of ether oxygens (including phenoxy) is 1. The van der Waals surface area contributed by atoms with E-state index in [0.717, 1.165) is 38.4 Å². The predicted molar refractivity (Wildman–Crippen MR) is 92.4 cm³/mol. The van der Waals surface area contributed by atoms with Crippen LogP contribution in [0.3, 0.4) is 0 Å². The third kappa shape index (κ3) is 5.48. The summed E-state index contributed by atoms with van der Waals surface area (Å²) in [5.41, 5.74) is 0. The fourth-order valence-corrected chi connectivity index (χ4v) is 3.79. The Labute approximate surface area is 161 Å². The van der Waals surface area contributed by atoms with Gasteiger partial charge in [0.05, 0.1) is 25.0 Å². The number of methoxy groups -OCH3 is 1. The molecule has 3 rings (SSSR count). The van der Waals surface area contributed by atoms with Crippen LogP contribution in [-0.2, 0) is 20.9 Å². The molecule has 158 valence electrons. The highest BCUT2D eigenvalue weighted by molar-refractivity contribution is 5.76. The van der Waals surface area contributed by atoms with E-state index in [1.807, 2.05) is 19.1 Å². The van der Waals surface area contributed by atoms with Crippen molar-refractivity contribution < 1.29 is 37.0 Å². The smallest absolute Gasteiger partial charge is 0.475 e. The van der Waals surface area contributed by atoms with Crippen molar-refractivity contribution in [1.82, 2.24) is 9.80 Å². The summed E-state index contributed by atoms with van der Waals surface area (Å²) in [5.74, 6) is -1.10. The van der Waals surface area contributed by atoms with Crippen molar-refractivity contribution in [2.45, 2.75) is 44.6 Å². The minimum atomic E-state index is -5.08. The fourth-order valence-electron chi connectivity index (χ4n) is 3.79. The second kappa shape index (κ2) is 9.42. The highest BCUT2D eigenvalue weighted by Gasteiger charge is 2.45. The number of hydrogen-bond acceptors (Lipinski definition) is 5. The van der Waals surface area contributed by atoms with Crippen LogP contribution >= 0.6 is 0 Å². The zero-order chi connectivity index (χ0) is 20.9. The fraction of sp³-hybridized carbons (Fsp3) is 0.667. The summed E-state index contributed by atoms with van der Waals surface area (Å²) in [6.07, 6.45) is -1.59. The van der Waals surface area contributed by atoms with Crippen LogP contribution in [0.2, 0.25) is 0 Å². The van der Waals surface area contributed by atoms with Gasteiger partial charge >= 0.3 is 12.1 Å². The molecule has 2 aliphatic rings. The first-order chi connectivity index (χ1) is 13.2. The van der Waals surface area contributed by atoms with Gasteiger partial charge in [-0.2, -0.15) is 13.2 Å². The normalized spacial score (nSPS) is 25.0. The first-order valence-corrected chi connectivity index (χ1v) is 9.04. The van der Waals surface area contributed by atoms with Crippen molar-refractivity contribution in [1.29, 1.82) is 0 Å². The Bertz CT molecular complexity index is 650. The van der Waals surface area contributed by atoms with Crippen LogP contribution in [0.4, 0.5) is 13.2 Å². The van der Waals surface area contributed by atoms with Crippen LogP contribution < -0.4 is 0 Å². The van der Waals surface area contributed by atoms with E-state index in [1.54, 1.807) is 13.4 Å². The Kier molecular flexibility index (Phi) is 7.48. The molecule has 1 aromatic heterocycles. The lowest BCUT2D eigenvalue weighted by Gasteiger charge is -2.41. The highest BCUT2D eigenvalue weighted by atomic mass is 19.4. The predicted octanol–water partition coefficient (Wildman–Crippen LogP) is 2.37. The largest absolute Gasteiger partial charge is 0.490 e. The molecule has 28 heavy (non-hydrogen) atoms. The summed E-state index contributed by atoms with van der Waals surface area (Å²) in [6, 6.07) is 4.21.